The number of carbonyl (C=O) groups excluding carboxylic acids is 1. The van der Waals surface area contributed by atoms with Crippen LogP contribution >= 0.6 is 0 Å². The van der Waals surface area contributed by atoms with Crippen LogP contribution in [0.4, 0.5) is 23.0 Å². The molecule has 1 heterocycles. The molecule has 0 atom stereocenters. The van der Waals surface area contributed by atoms with Gasteiger partial charge < -0.3 is 22.9 Å². The summed E-state index contributed by atoms with van der Waals surface area (Å²) in [6, 6.07) is 0. The van der Waals surface area contributed by atoms with Gasteiger partial charge in [-0.15, -0.1) is 0 Å². The molecule has 1 aromatic rings. The van der Waals surface area contributed by atoms with Gasteiger partial charge in [0.05, 0.1) is 16.9 Å². The van der Waals surface area contributed by atoms with Gasteiger partial charge in [0.25, 0.3) is 0 Å². The summed E-state index contributed by atoms with van der Waals surface area (Å²) >= 11 is 0. The quantitative estimate of drug-likeness (QED) is 0.436. The molecule has 0 unspecified atom stereocenters. The molecule has 1 aromatic heterocycles. The van der Waals surface area contributed by atoms with Gasteiger partial charge in [0.2, 0.25) is 0 Å². The van der Waals surface area contributed by atoms with Crippen LogP contribution in [0, 0.1) is 0 Å². The van der Waals surface area contributed by atoms with E-state index in [0.29, 0.717) is 0 Å². The van der Waals surface area contributed by atoms with Gasteiger partial charge in [-0.2, -0.15) is 0 Å². The number of ketones is 1. The highest BCUT2D eigenvalue weighted by Gasteiger charge is 2.15. The minimum atomic E-state index is -0.282. The highest BCUT2D eigenvalue weighted by molar-refractivity contribution is 6.07. The number of carbonyl (C=O) groups is 1. The molecule has 0 aliphatic rings. The Labute approximate surface area is 74.9 Å². The van der Waals surface area contributed by atoms with Gasteiger partial charge in [-0.05, 0) is 6.92 Å². The Balaban J connectivity index is 3.56. The lowest BCUT2D eigenvalue weighted by molar-refractivity contribution is 0.101. The first-order chi connectivity index (χ1) is 5.95. The molecule has 0 aliphatic heterocycles. The van der Waals surface area contributed by atoms with E-state index in [1.807, 2.05) is 0 Å². The van der Waals surface area contributed by atoms with Gasteiger partial charge in [-0.25, -0.2) is 4.98 Å². The zero-order valence-corrected chi connectivity index (χ0v) is 7.16. The van der Waals surface area contributed by atoms with Gasteiger partial charge in [0, 0.05) is 0 Å². The Morgan fingerprint density at radius 2 is 1.46 bits per heavy atom. The molecule has 0 aliphatic carbocycles. The number of rotatable bonds is 1. The molecule has 0 aromatic carbocycles. The summed E-state index contributed by atoms with van der Waals surface area (Å²) in [5.41, 5.74) is 22.1. The first-order valence-corrected chi connectivity index (χ1v) is 3.56. The van der Waals surface area contributed by atoms with Crippen molar-refractivity contribution in [2.24, 2.45) is 0 Å². The van der Waals surface area contributed by atoms with Gasteiger partial charge in [-0.1, -0.05) is 0 Å². The third kappa shape index (κ3) is 1.33. The number of anilines is 4. The van der Waals surface area contributed by atoms with Crippen LogP contribution in [-0.4, -0.2) is 10.8 Å². The lowest BCUT2D eigenvalue weighted by Crippen LogP contribution is -2.12. The molecular weight excluding hydrogens is 170 g/mol. The molecular formula is C7H11N5O. The topological polar surface area (TPSA) is 134 Å². The van der Waals surface area contributed by atoms with Gasteiger partial charge in [0.1, 0.15) is 11.6 Å². The summed E-state index contributed by atoms with van der Waals surface area (Å²) < 4.78 is 0. The first kappa shape index (κ1) is 9.11. The van der Waals surface area contributed by atoms with Crippen LogP contribution in [0.15, 0.2) is 0 Å². The van der Waals surface area contributed by atoms with E-state index in [4.69, 9.17) is 22.9 Å². The van der Waals surface area contributed by atoms with E-state index in [9.17, 15) is 4.79 Å². The smallest absolute Gasteiger partial charge is 0.164 e. The number of nitrogens with zero attached hydrogens (tertiary/aromatic N) is 1. The van der Waals surface area contributed by atoms with E-state index in [1.54, 1.807) is 0 Å². The van der Waals surface area contributed by atoms with Crippen molar-refractivity contribution < 1.29 is 4.79 Å². The van der Waals surface area contributed by atoms with Crippen LogP contribution in [0.5, 0.6) is 0 Å². The van der Waals surface area contributed by atoms with E-state index in [-0.39, 0.29) is 34.4 Å². The Morgan fingerprint density at radius 3 is 1.77 bits per heavy atom. The summed E-state index contributed by atoms with van der Waals surface area (Å²) in [6.45, 7) is 1.33. The SMILES string of the molecule is CC(=O)c1c(N)c(N)nc(N)c1N. The fourth-order valence-corrected chi connectivity index (χ4v) is 1.03. The molecule has 8 N–H and O–H groups in total. The van der Waals surface area contributed by atoms with E-state index in [2.05, 4.69) is 4.98 Å². The molecule has 6 nitrogen and oxygen atoms in total. The summed E-state index contributed by atoms with van der Waals surface area (Å²) in [5, 5.41) is 0. The van der Waals surface area contributed by atoms with Crippen LogP contribution in [0.1, 0.15) is 17.3 Å². The first-order valence-electron chi connectivity index (χ1n) is 3.56. The average molecular weight is 181 g/mol. The van der Waals surface area contributed by atoms with Crippen molar-refractivity contribution in [3.63, 3.8) is 0 Å². The average Bonchev–Trinajstić information content (AvgIpc) is 2.01. The summed E-state index contributed by atoms with van der Waals surface area (Å²) in [5.74, 6) is -0.232. The molecule has 1 rings (SSSR count). The molecule has 0 radical (unpaired) electrons. The van der Waals surface area contributed by atoms with Crippen molar-refractivity contribution in [1.82, 2.24) is 4.98 Å². The molecule has 70 valence electrons. The molecule has 0 amide bonds. The van der Waals surface area contributed by atoms with Crippen molar-refractivity contribution in [2.45, 2.75) is 6.92 Å². The maximum Gasteiger partial charge on any atom is 0.164 e. The largest absolute Gasteiger partial charge is 0.395 e. The van der Waals surface area contributed by atoms with E-state index in [1.165, 1.54) is 6.92 Å². The highest BCUT2D eigenvalue weighted by Crippen LogP contribution is 2.28. The summed E-state index contributed by atoms with van der Waals surface area (Å²) in [7, 11) is 0. The molecule has 0 spiro atoms. The summed E-state index contributed by atoms with van der Waals surface area (Å²) in [4.78, 5) is 14.8. The highest BCUT2D eigenvalue weighted by atomic mass is 16.1. The minimum Gasteiger partial charge on any atom is -0.395 e. The molecule has 0 saturated heterocycles. The van der Waals surface area contributed by atoms with Crippen LogP contribution in [0.3, 0.4) is 0 Å². The van der Waals surface area contributed by atoms with Crippen LogP contribution in [0.2, 0.25) is 0 Å². The number of aromatic nitrogens is 1. The number of hydrogen-bond acceptors (Lipinski definition) is 6. The number of hydrogen-bond donors (Lipinski definition) is 4. The number of nitrogens with two attached hydrogens (primary N) is 4. The monoisotopic (exact) mass is 181 g/mol. The second kappa shape index (κ2) is 2.81. The molecule has 0 fully saturated rings. The fraction of sp³-hybridized carbons (Fsp3) is 0.143. The maximum absolute atomic E-state index is 11.1. The molecule has 13 heavy (non-hydrogen) atoms. The van der Waals surface area contributed by atoms with Gasteiger partial charge >= 0.3 is 0 Å². The Morgan fingerprint density at radius 1 is 1.08 bits per heavy atom. The van der Waals surface area contributed by atoms with Gasteiger partial charge in [0.15, 0.2) is 5.78 Å². The summed E-state index contributed by atoms with van der Waals surface area (Å²) in [6.07, 6.45) is 0. The number of Topliss-reactive ketones (excluding diaryl/α,β-unsaturated/α-hetero) is 1. The lowest BCUT2D eigenvalue weighted by Gasteiger charge is -2.09. The molecule has 0 bridgehead atoms. The number of pyridine rings is 1. The van der Waals surface area contributed by atoms with Gasteiger partial charge in [-0.3, -0.25) is 4.79 Å². The van der Waals surface area contributed by atoms with Crippen molar-refractivity contribution in [3.05, 3.63) is 5.56 Å². The van der Waals surface area contributed by atoms with E-state index < -0.39 is 0 Å². The third-order valence-corrected chi connectivity index (χ3v) is 1.68. The second-order valence-electron chi connectivity index (χ2n) is 2.64. The van der Waals surface area contributed by atoms with Crippen LogP contribution in [0.25, 0.3) is 0 Å². The normalized spacial score (nSPS) is 9.92. The fourth-order valence-electron chi connectivity index (χ4n) is 1.03. The van der Waals surface area contributed by atoms with Crippen molar-refractivity contribution in [3.8, 4) is 0 Å². The second-order valence-corrected chi connectivity index (χ2v) is 2.64. The predicted octanol–water partition coefficient (Wildman–Crippen LogP) is -0.387. The van der Waals surface area contributed by atoms with Crippen LogP contribution < -0.4 is 22.9 Å². The Hall–Kier alpha value is -1.98. The van der Waals surface area contributed by atoms with Crippen LogP contribution in [-0.2, 0) is 0 Å². The lowest BCUT2D eigenvalue weighted by atomic mass is 10.1. The predicted molar refractivity (Wildman–Crippen MR) is 51.9 cm³/mol. The molecule has 6 heteroatoms. The zero-order chi connectivity index (χ0) is 10.2. The maximum atomic E-state index is 11.1. The van der Waals surface area contributed by atoms with E-state index in [0.717, 1.165) is 0 Å². The number of nitrogen functional groups attached to an aromatic ring is 4. The van der Waals surface area contributed by atoms with E-state index >= 15 is 0 Å². The minimum absolute atomic E-state index is 0.0249. The van der Waals surface area contributed by atoms with Crippen molar-refractivity contribution >= 4 is 28.8 Å². The standard InChI is InChI=1S/C7H11N5O/c1-2(13)3-4(8)6(10)12-7(11)5(3)9/h8-9H2,1H3,(H4,10,11,12). The third-order valence-electron chi connectivity index (χ3n) is 1.68. The Kier molecular flexibility index (Phi) is 1.97. The molecule has 0 saturated carbocycles. The zero-order valence-electron chi connectivity index (χ0n) is 7.16. The van der Waals surface area contributed by atoms with Crippen molar-refractivity contribution in [2.75, 3.05) is 22.9 Å². The Bertz CT molecular complexity index is 347. The van der Waals surface area contributed by atoms with Crippen molar-refractivity contribution in [1.29, 1.82) is 0 Å².